The summed E-state index contributed by atoms with van der Waals surface area (Å²) in [5, 5.41) is 9.49. The van der Waals surface area contributed by atoms with Crippen LogP contribution in [0.5, 0.6) is 17.2 Å². The minimum Gasteiger partial charge on any atom is -0.493 e. The fourth-order valence-corrected chi connectivity index (χ4v) is 2.45. The first-order valence-electron chi connectivity index (χ1n) is 6.36. The van der Waals surface area contributed by atoms with Crippen LogP contribution in [-0.4, -0.2) is 39.6 Å². The smallest absolute Gasteiger partial charge is 0.203 e. The number of aliphatic hydroxyl groups is 1. The Morgan fingerprint density at radius 2 is 1.80 bits per heavy atom. The molecular formula is C15H20O5. The molecule has 5 nitrogen and oxygen atoms in total. The summed E-state index contributed by atoms with van der Waals surface area (Å²) in [5.41, 5.74) is 1.77. The molecule has 0 radical (unpaired) electrons. The van der Waals surface area contributed by atoms with Crippen LogP contribution in [-0.2, 0) is 4.74 Å². The van der Waals surface area contributed by atoms with Gasteiger partial charge in [-0.05, 0) is 23.3 Å². The lowest BCUT2D eigenvalue weighted by molar-refractivity contribution is 0.0717. The van der Waals surface area contributed by atoms with Crippen molar-refractivity contribution in [2.24, 2.45) is 5.92 Å². The predicted molar refractivity (Wildman–Crippen MR) is 74.5 cm³/mol. The average Bonchev–Trinajstić information content (AvgIpc) is 2.86. The first-order chi connectivity index (χ1) is 9.65. The molecule has 1 aliphatic rings. The molecule has 5 heteroatoms. The molecule has 0 aliphatic carbocycles. The fraction of sp³-hybridized carbons (Fsp3) is 0.467. The summed E-state index contributed by atoms with van der Waals surface area (Å²) in [7, 11) is 4.70. The Bertz CT molecular complexity index is 472. The third kappa shape index (κ3) is 2.46. The summed E-state index contributed by atoms with van der Waals surface area (Å²) in [6, 6.07) is 3.68. The Labute approximate surface area is 118 Å². The van der Waals surface area contributed by atoms with Gasteiger partial charge in [0.1, 0.15) is 0 Å². The molecular weight excluding hydrogens is 260 g/mol. The van der Waals surface area contributed by atoms with Crippen molar-refractivity contribution in [3.05, 3.63) is 29.8 Å². The van der Waals surface area contributed by atoms with Crippen molar-refractivity contribution in [1.29, 1.82) is 0 Å². The van der Waals surface area contributed by atoms with E-state index in [1.165, 1.54) is 0 Å². The summed E-state index contributed by atoms with van der Waals surface area (Å²) in [4.78, 5) is 0. The van der Waals surface area contributed by atoms with E-state index in [1.807, 2.05) is 12.1 Å². The largest absolute Gasteiger partial charge is 0.493 e. The van der Waals surface area contributed by atoms with Gasteiger partial charge in [-0.25, -0.2) is 0 Å². The number of hydrogen-bond donors (Lipinski definition) is 1. The summed E-state index contributed by atoms with van der Waals surface area (Å²) in [6.07, 6.45) is -0.249. The second-order valence-corrected chi connectivity index (χ2v) is 4.64. The molecule has 1 N–H and O–H groups in total. The quantitative estimate of drug-likeness (QED) is 0.835. The Morgan fingerprint density at radius 3 is 2.25 bits per heavy atom. The third-order valence-electron chi connectivity index (χ3n) is 3.55. The number of aliphatic hydroxyl groups excluding tert-OH is 1. The average molecular weight is 280 g/mol. The van der Waals surface area contributed by atoms with E-state index >= 15 is 0 Å². The van der Waals surface area contributed by atoms with Crippen LogP contribution in [0.4, 0.5) is 0 Å². The molecule has 20 heavy (non-hydrogen) atoms. The van der Waals surface area contributed by atoms with Gasteiger partial charge in [0.05, 0.1) is 40.6 Å². The van der Waals surface area contributed by atoms with E-state index in [-0.39, 0.29) is 18.6 Å². The van der Waals surface area contributed by atoms with E-state index in [0.29, 0.717) is 23.9 Å². The van der Waals surface area contributed by atoms with Crippen molar-refractivity contribution in [3.63, 3.8) is 0 Å². The van der Waals surface area contributed by atoms with Crippen molar-refractivity contribution >= 4 is 0 Å². The van der Waals surface area contributed by atoms with Gasteiger partial charge in [-0.15, -0.1) is 0 Å². The second-order valence-electron chi connectivity index (χ2n) is 4.64. The normalized spacial score (nSPS) is 21.9. The Kier molecular flexibility index (Phi) is 4.52. The van der Waals surface area contributed by atoms with Gasteiger partial charge in [-0.3, -0.25) is 0 Å². The van der Waals surface area contributed by atoms with Gasteiger partial charge < -0.3 is 24.1 Å². The molecule has 0 bridgehead atoms. The van der Waals surface area contributed by atoms with Gasteiger partial charge in [0, 0.05) is 5.92 Å². The van der Waals surface area contributed by atoms with Crippen LogP contribution in [0.25, 0.3) is 0 Å². The van der Waals surface area contributed by atoms with Crippen LogP contribution in [0.2, 0.25) is 0 Å². The van der Waals surface area contributed by atoms with Crippen molar-refractivity contribution in [2.45, 2.75) is 6.10 Å². The third-order valence-corrected chi connectivity index (χ3v) is 3.55. The predicted octanol–water partition coefficient (Wildman–Crippen LogP) is 1.95. The van der Waals surface area contributed by atoms with Crippen molar-refractivity contribution < 1.29 is 24.1 Å². The van der Waals surface area contributed by atoms with Crippen molar-refractivity contribution in [3.8, 4) is 17.2 Å². The number of hydrogen-bond acceptors (Lipinski definition) is 5. The lowest BCUT2D eigenvalue weighted by atomic mass is 9.93. The maximum absolute atomic E-state index is 9.49. The molecule has 1 aromatic rings. The molecule has 1 fully saturated rings. The first kappa shape index (κ1) is 14.7. The lowest BCUT2D eigenvalue weighted by Crippen LogP contribution is -2.13. The molecule has 2 atom stereocenters. The van der Waals surface area contributed by atoms with Gasteiger partial charge in [0.25, 0.3) is 0 Å². The number of benzene rings is 1. The highest BCUT2D eigenvalue weighted by molar-refractivity contribution is 5.54. The summed E-state index contributed by atoms with van der Waals surface area (Å²) in [5.74, 6) is 1.56. The van der Waals surface area contributed by atoms with Crippen LogP contribution in [0.1, 0.15) is 11.7 Å². The Hall–Kier alpha value is -1.72. The van der Waals surface area contributed by atoms with Crippen LogP contribution < -0.4 is 14.2 Å². The maximum atomic E-state index is 9.49. The van der Waals surface area contributed by atoms with Crippen LogP contribution in [0.15, 0.2) is 24.3 Å². The first-order valence-corrected chi connectivity index (χ1v) is 6.36. The van der Waals surface area contributed by atoms with E-state index in [2.05, 4.69) is 6.58 Å². The molecule has 2 rings (SSSR count). The number of methoxy groups -OCH3 is 3. The van der Waals surface area contributed by atoms with Gasteiger partial charge in [0.15, 0.2) is 11.5 Å². The summed E-state index contributed by atoms with van der Waals surface area (Å²) < 4.78 is 21.7. The Balaban J connectivity index is 2.44. The van der Waals surface area contributed by atoms with Gasteiger partial charge in [-0.1, -0.05) is 6.58 Å². The zero-order valence-corrected chi connectivity index (χ0v) is 12.0. The zero-order valence-electron chi connectivity index (χ0n) is 12.0. The van der Waals surface area contributed by atoms with E-state index in [4.69, 9.17) is 18.9 Å². The molecule has 1 unspecified atom stereocenters. The minimum atomic E-state index is -0.249. The van der Waals surface area contributed by atoms with Crippen molar-refractivity contribution in [2.75, 3.05) is 34.5 Å². The second kappa shape index (κ2) is 6.15. The lowest BCUT2D eigenvalue weighted by Gasteiger charge is -2.20. The molecule has 1 saturated heterocycles. The van der Waals surface area contributed by atoms with E-state index in [0.717, 1.165) is 11.1 Å². The molecule has 0 amide bonds. The number of ether oxygens (including phenoxy) is 4. The topological polar surface area (TPSA) is 57.2 Å². The zero-order chi connectivity index (χ0) is 14.7. The summed E-state index contributed by atoms with van der Waals surface area (Å²) >= 11 is 0. The van der Waals surface area contributed by atoms with Crippen LogP contribution in [0, 0.1) is 5.92 Å². The molecule has 0 spiro atoms. The standard InChI is InChI=1S/C15H20O5/c1-9-8-20-14(11(9)7-16)10-5-12(17-2)15(19-4)13(6-10)18-3/h5-6,11,14,16H,1,7-8H2,2-4H3/t11-,14?/m0/s1. The van der Waals surface area contributed by atoms with Gasteiger partial charge in [0.2, 0.25) is 5.75 Å². The highest BCUT2D eigenvalue weighted by Gasteiger charge is 2.33. The maximum Gasteiger partial charge on any atom is 0.203 e. The Morgan fingerprint density at radius 1 is 1.20 bits per heavy atom. The van der Waals surface area contributed by atoms with Crippen LogP contribution >= 0.6 is 0 Å². The highest BCUT2D eigenvalue weighted by Crippen LogP contribution is 2.44. The molecule has 0 aromatic heterocycles. The van der Waals surface area contributed by atoms with Crippen LogP contribution in [0.3, 0.4) is 0 Å². The van der Waals surface area contributed by atoms with E-state index in [1.54, 1.807) is 21.3 Å². The molecule has 1 heterocycles. The van der Waals surface area contributed by atoms with Gasteiger partial charge in [-0.2, -0.15) is 0 Å². The molecule has 110 valence electrons. The van der Waals surface area contributed by atoms with E-state index in [9.17, 15) is 5.11 Å². The monoisotopic (exact) mass is 280 g/mol. The molecule has 1 aliphatic heterocycles. The van der Waals surface area contributed by atoms with Crippen molar-refractivity contribution in [1.82, 2.24) is 0 Å². The SMILES string of the molecule is C=C1COC(c2cc(OC)c(OC)c(OC)c2)[C@H]1CO. The summed E-state index contributed by atoms with van der Waals surface area (Å²) in [6.45, 7) is 4.38. The minimum absolute atomic E-state index is 0.000159. The number of rotatable bonds is 5. The molecule has 0 saturated carbocycles. The highest BCUT2D eigenvalue weighted by atomic mass is 16.5. The van der Waals surface area contributed by atoms with E-state index < -0.39 is 0 Å². The molecule has 1 aromatic carbocycles. The van der Waals surface area contributed by atoms with Gasteiger partial charge >= 0.3 is 0 Å². The fourth-order valence-electron chi connectivity index (χ4n) is 2.45.